The Morgan fingerprint density at radius 1 is 1.24 bits per heavy atom. The summed E-state index contributed by atoms with van der Waals surface area (Å²) in [6.07, 6.45) is 7.81. The Labute approximate surface area is 147 Å². The van der Waals surface area contributed by atoms with E-state index in [0.29, 0.717) is 13.2 Å². The Morgan fingerprint density at radius 2 is 2.00 bits per heavy atom. The first-order valence-electron chi connectivity index (χ1n) is 8.29. The van der Waals surface area contributed by atoms with Crippen molar-refractivity contribution in [2.75, 3.05) is 26.5 Å². The summed E-state index contributed by atoms with van der Waals surface area (Å²) < 4.78 is 30.5. The van der Waals surface area contributed by atoms with E-state index in [1.165, 1.54) is 10.6 Å². The normalized spacial score (nSPS) is 27.6. The van der Waals surface area contributed by atoms with E-state index in [0.717, 1.165) is 36.4 Å². The minimum atomic E-state index is -3.10. The quantitative estimate of drug-likeness (QED) is 0.813. The van der Waals surface area contributed by atoms with E-state index in [1.807, 2.05) is 18.2 Å². The number of hydrogen-bond donors (Lipinski definition) is 1. The molecule has 0 atom stereocenters. The molecule has 5 rings (SSSR count). The Balaban J connectivity index is 1.29. The summed E-state index contributed by atoms with van der Waals surface area (Å²) in [5, 5.41) is 6.80. The molecule has 1 N–H and O–H groups in total. The number of ether oxygens (including phenoxy) is 1. The monoisotopic (exact) mass is 362 g/mol. The number of nitrogens with one attached hydrogen (secondary N) is 1. The number of H-pyrrole nitrogens is 1. The molecule has 3 saturated carbocycles. The zero-order valence-corrected chi connectivity index (χ0v) is 15.2. The summed E-state index contributed by atoms with van der Waals surface area (Å²) >= 11 is 0. The van der Waals surface area contributed by atoms with Crippen molar-refractivity contribution in [1.82, 2.24) is 19.5 Å². The lowest BCUT2D eigenvalue weighted by atomic mass is 9.35. The molecule has 0 saturated heterocycles. The molecule has 0 aromatic carbocycles. The molecule has 3 fully saturated rings. The van der Waals surface area contributed by atoms with Crippen LogP contribution in [-0.2, 0) is 10.0 Å². The predicted octanol–water partition coefficient (Wildman–Crippen LogP) is 1.91. The van der Waals surface area contributed by atoms with Crippen LogP contribution in [0.4, 0.5) is 0 Å². The molecule has 0 spiro atoms. The third kappa shape index (κ3) is 3.04. The van der Waals surface area contributed by atoms with E-state index in [9.17, 15) is 8.42 Å². The van der Waals surface area contributed by atoms with Gasteiger partial charge in [-0.15, -0.1) is 0 Å². The first-order chi connectivity index (χ1) is 11.8. The van der Waals surface area contributed by atoms with Gasteiger partial charge < -0.3 is 4.74 Å². The van der Waals surface area contributed by atoms with Crippen molar-refractivity contribution in [3.8, 4) is 17.1 Å². The van der Waals surface area contributed by atoms with Crippen LogP contribution in [0.5, 0.6) is 5.75 Å². The van der Waals surface area contributed by atoms with Crippen molar-refractivity contribution in [3.05, 3.63) is 30.6 Å². The molecule has 0 radical (unpaired) electrons. The lowest BCUT2D eigenvalue weighted by Gasteiger charge is -2.71. The van der Waals surface area contributed by atoms with Crippen molar-refractivity contribution >= 4 is 10.0 Å². The highest BCUT2D eigenvalue weighted by Crippen LogP contribution is 2.73. The SMILES string of the molecule is CN(CC12CC(COc3ccc(-c4ccn[nH]4)nc3)(C1)C2)S(C)(=O)=O. The fourth-order valence-electron chi connectivity index (χ4n) is 4.40. The van der Waals surface area contributed by atoms with Gasteiger partial charge in [-0.05, 0) is 42.9 Å². The van der Waals surface area contributed by atoms with E-state index in [1.54, 1.807) is 19.4 Å². The van der Waals surface area contributed by atoms with Gasteiger partial charge in [0, 0.05) is 25.2 Å². The maximum Gasteiger partial charge on any atom is 0.210 e. The van der Waals surface area contributed by atoms with Crippen LogP contribution in [0.3, 0.4) is 0 Å². The highest BCUT2D eigenvalue weighted by molar-refractivity contribution is 7.88. The van der Waals surface area contributed by atoms with Gasteiger partial charge in [-0.2, -0.15) is 5.10 Å². The zero-order valence-electron chi connectivity index (χ0n) is 14.4. The number of rotatable bonds is 7. The molecule has 3 aliphatic carbocycles. The van der Waals surface area contributed by atoms with Crippen LogP contribution >= 0.6 is 0 Å². The largest absolute Gasteiger partial charge is 0.491 e. The second-order valence-corrected chi connectivity index (χ2v) is 9.78. The van der Waals surface area contributed by atoms with Gasteiger partial charge in [0.2, 0.25) is 10.0 Å². The minimum absolute atomic E-state index is 0.171. The van der Waals surface area contributed by atoms with Crippen molar-refractivity contribution < 1.29 is 13.2 Å². The van der Waals surface area contributed by atoms with Gasteiger partial charge >= 0.3 is 0 Å². The summed E-state index contributed by atoms with van der Waals surface area (Å²) in [6, 6.07) is 5.70. The fraction of sp³-hybridized carbons (Fsp3) is 0.529. The van der Waals surface area contributed by atoms with Crippen LogP contribution in [0.1, 0.15) is 19.3 Å². The first-order valence-corrected chi connectivity index (χ1v) is 10.1. The predicted molar refractivity (Wildman–Crippen MR) is 93.5 cm³/mol. The fourth-order valence-corrected chi connectivity index (χ4v) is 4.91. The van der Waals surface area contributed by atoms with E-state index in [2.05, 4.69) is 15.2 Å². The second-order valence-electron chi connectivity index (χ2n) is 7.69. The summed E-state index contributed by atoms with van der Waals surface area (Å²) in [5.41, 5.74) is 2.10. The van der Waals surface area contributed by atoms with Crippen molar-refractivity contribution in [2.24, 2.45) is 10.8 Å². The van der Waals surface area contributed by atoms with Crippen LogP contribution < -0.4 is 4.74 Å². The van der Waals surface area contributed by atoms with Crippen molar-refractivity contribution in [1.29, 1.82) is 0 Å². The molecular formula is C17H22N4O3S. The van der Waals surface area contributed by atoms with Gasteiger partial charge in [-0.1, -0.05) is 0 Å². The van der Waals surface area contributed by atoms with Gasteiger partial charge in [0.15, 0.2) is 0 Å². The molecule has 0 amide bonds. The number of hydrogen-bond acceptors (Lipinski definition) is 5. The third-order valence-electron chi connectivity index (χ3n) is 5.43. The van der Waals surface area contributed by atoms with Gasteiger partial charge in [-0.25, -0.2) is 12.7 Å². The summed E-state index contributed by atoms with van der Waals surface area (Å²) in [5.74, 6) is 0.760. The molecule has 3 aliphatic rings. The van der Waals surface area contributed by atoms with Gasteiger partial charge in [-0.3, -0.25) is 10.1 Å². The average molecular weight is 362 g/mol. The molecule has 25 heavy (non-hydrogen) atoms. The van der Waals surface area contributed by atoms with E-state index in [4.69, 9.17) is 4.74 Å². The molecule has 0 aliphatic heterocycles. The van der Waals surface area contributed by atoms with Gasteiger partial charge in [0.25, 0.3) is 0 Å². The maximum absolute atomic E-state index is 11.6. The van der Waals surface area contributed by atoms with Crippen LogP contribution in [0.2, 0.25) is 0 Å². The molecule has 2 heterocycles. The zero-order chi connectivity index (χ0) is 17.7. The standard InChI is InChI=1S/C17H22N4O3S/c1-21(25(2,22)23)11-16-8-17(9-16,10-16)12-24-13-3-4-14(18-7-13)15-5-6-19-20-15/h3-7H,8-12H2,1-2H3,(H,19,20). The van der Waals surface area contributed by atoms with E-state index >= 15 is 0 Å². The highest BCUT2D eigenvalue weighted by atomic mass is 32.2. The number of aromatic nitrogens is 3. The van der Waals surface area contributed by atoms with E-state index in [-0.39, 0.29) is 10.8 Å². The molecule has 8 heteroatoms. The molecule has 2 bridgehead atoms. The first kappa shape index (κ1) is 16.5. The summed E-state index contributed by atoms with van der Waals surface area (Å²) in [7, 11) is -1.44. The molecule has 2 aromatic rings. The Hall–Kier alpha value is -1.93. The second kappa shape index (κ2) is 5.54. The number of pyridine rings is 1. The molecule has 7 nitrogen and oxygen atoms in total. The third-order valence-corrected chi connectivity index (χ3v) is 6.69. The average Bonchev–Trinajstić information content (AvgIpc) is 3.02. The lowest BCUT2D eigenvalue weighted by Crippen LogP contribution is -2.67. The van der Waals surface area contributed by atoms with Crippen LogP contribution in [0.15, 0.2) is 30.6 Å². The number of aromatic amines is 1. The Morgan fingerprint density at radius 3 is 2.56 bits per heavy atom. The summed E-state index contributed by atoms with van der Waals surface area (Å²) in [6.45, 7) is 1.29. The highest BCUT2D eigenvalue weighted by Gasteiger charge is 2.68. The Kier molecular flexibility index (Phi) is 3.66. The molecular weight excluding hydrogens is 340 g/mol. The van der Waals surface area contributed by atoms with Gasteiger partial charge in [0.05, 0.1) is 30.4 Å². The van der Waals surface area contributed by atoms with E-state index < -0.39 is 10.0 Å². The van der Waals surface area contributed by atoms with Gasteiger partial charge in [0.1, 0.15) is 5.75 Å². The smallest absolute Gasteiger partial charge is 0.210 e. The molecule has 0 unspecified atom stereocenters. The van der Waals surface area contributed by atoms with Crippen molar-refractivity contribution in [2.45, 2.75) is 19.3 Å². The summed E-state index contributed by atoms with van der Waals surface area (Å²) in [4.78, 5) is 4.39. The lowest BCUT2D eigenvalue weighted by molar-refractivity contribution is -0.220. The van der Waals surface area contributed by atoms with Crippen LogP contribution in [-0.4, -0.2) is 54.4 Å². The van der Waals surface area contributed by atoms with Crippen LogP contribution in [0, 0.1) is 10.8 Å². The minimum Gasteiger partial charge on any atom is -0.491 e. The maximum atomic E-state index is 11.6. The van der Waals surface area contributed by atoms with Crippen LogP contribution in [0.25, 0.3) is 11.4 Å². The topological polar surface area (TPSA) is 88.2 Å². The number of nitrogens with zero attached hydrogens (tertiary/aromatic N) is 3. The van der Waals surface area contributed by atoms with Crippen molar-refractivity contribution in [3.63, 3.8) is 0 Å². The molecule has 2 aromatic heterocycles. The molecule has 134 valence electrons. The Bertz CT molecular complexity index is 842. The number of sulfonamides is 1.